The van der Waals surface area contributed by atoms with E-state index >= 15 is 0 Å². The molecule has 32 heavy (non-hydrogen) atoms. The lowest BCUT2D eigenvalue weighted by molar-refractivity contribution is -0.141. The zero-order valence-corrected chi connectivity index (χ0v) is 19.7. The van der Waals surface area contributed by atoms with E-state index < -0.39 is 27.9 Å². The van der Waals surface area contributed by atoms with E-state index in [-0.39, 0.29) is 32.1 Å². The second kappa shape index (κ2) is 9.92. The monoisotopic (exact) mass is 483 g/mol. The molecule has 1 saturated heterocycles. The molecule has 0 N–H and O–H groups in total. The summed E-state index contributed by atoms with van der Waals surface area (Å²) in [7, 11) is -2.02. The van der Waals surface area contributed by atoms with Crippen molar-refractivity contribution in [3.63, 3.8) is 0 Å². The molecule has 1 aliphatic rings. The summed E-state index contributed by atoms with van der Waals surface area (Å²) in [4.78, 5) is 41.4. The van der Waals surface area contributed by atoms with Gasteiger partial charge in [-0.25, -0.2) is 17.5 Å². The Hall–Kier alpha value is -2.57. The first-order chi connectivity index (χ1) is 15.1. The van der Waals surface area contributed by atoms with Gasteiger partial charge >= 0.3 is 11.9 Å². The topological polar surface area (TPSA) is 124 Å². The number of aromatic nitrogens is 1. The maximum atomic E-state index is 12.8. The zero-order valence-electron chi connectivity index (χ0n) is 18.1. The highest BCUT2D eigenvalue weighted by atomic mass is 32.2. The molecule has 2 aromatic rings. The molecule has 174 valence electrons. The van der Waals surface area contributed by atoms with Crippen LogP contribution in [0.25, 0.3) is 10.2 Å². The van der Waals surface area contributed by atoms with Crippen LogP contribution >= 0.6 is 11.3 Å². The Balaban J connectivity index is 1.95. The summed E-state index contributed by atoms with van der Waals surface area (Å²) >= 11 is 1.18. The van der Waals surface area contributed by atoms with Crippen molar-refractivity contribution in [3.8, 4) is 0 Å². The number of thiazole rings is 1. The molecule has 1 aromatic carbocycles. The molecule has 0 radical (unpaired) electrons. The van der Waals surface area contributed by atoms with E-state index in [0.29, 0.717) is 33.4 Å². The number of esters is 2. The molecule has 10 nitrogen and oxygen atoms in total. The summed E-state index contributed by atoms with van der Waals surface area (Å²) in [5.74, 6) is -1.74. The minimum atomic E-state index is -3.29. The molecule has 0 saturated carbocycles. The smallest absolute Gasteiger partial charge is 0.338 e. The Morgan fingerprint density at radius 1 is 1.22 bits per heavy atom. The first-order valence-electron chi connectivity index (χ1n) is 10.0. The van der Waals surface area contributed by atoms with Crippen LogP contribution < -0.4 is 4.80 Å². The van der Waals surface area contributed by atoms with Crippen LogP contribution in [0.4, 0.5) is 0 Å². The number of hydrogen-bond donors (Lipinski definition) is 0. The van der Waals surface area contributed by atoms with Gasteiger partial charge in [-0.2, -0.15) is 4.99 Å². The summed E-state index contributed by atoms with van der Waals surface area (Å²) in [6.45, 7) is 2.35. The number of piperidine rings is 1. The lowest BCUT2D eigenvalue weighted by Gasteiger charge is -2.28. The van der Waals surface area contributed by atoms with Gasteiger partial charge < -0.3 is 14.0 Å². The number of nitrogens with zero attached hydrogens (tertiary/aromatic N) is 3. The number of carbonyl (C=O) groups excluding carboxylic acids is 3. The van der Waals surface area contributed by atoms with Crippen LogP contribution in [-0.4, -0.2) is 68.2 Å². The van der Waals surface area contributed by atoms with Gasteiger partial charge in [0.15, 0.2) is 4.80 Å². The zero-order chi connectivity index (χ0) is 23.5. The van der Waals surface area contributed by atoms with E-state index in [1.54, 1.807) is 29.7 Å². The molecule has 0 bridgehead atoms. The molecule has 1 aromatic heterocycles. The highest BCUT2D eigenvalue weighted by Gasteiger charge is 2.29. The number of hydrogen-bond acceptors (Lipinski definition) is 8. The van der Waals surface area contributed by atoms with Gasteiger partial charge in [-0.05, 0) is 38.0 Å². The molecule has 0 unspecified atom stereocenters. The Labute approximate surface area is 189 Å². The number of carbonyl (C=O) groups is 3. The average Bonchev–Trinajstić information content (AvgIpc) is 3.09. The Bertz CT molecular complexity index is 1210. The van der Waals surface area contributed by atoms with Crippen LogP contribution in [-0.2, 0) is 35.6 Å². The standard InChI is InChI=1S/C20H25N3O7S2/c1-4-30-19(26)14-5-6-15-16(11-14)31-20(23(15)12-17(24)29-2)21-18(25)13-7-9-22(10-8-13)32(3,27)28/h5-6,11,13H,4,7-10,12H2,1-3H3. The third-order valence-electron chi connectivity index (χ3n) is 5.19. The van der Waals surface area contributed by atoms with Crippen molar-refractivity contribution in [2.75, 3.05) is 33.1 Å². The molecule has 1 aliphatic heterocycles. The van der Waals surface area contributed by atoms with E-state index in [4.69, 9.17) is 9.47 Å². The number of sulfonamides is 1. The molecular weight excluding hydrogens is 458 g/mol. The number of amides is 1. The second-order valence-electron chi connectivity index (χ2n) is 7.34. The maximum absolute atomic E-state index is 12.8. The highest BCUT2D eigenvalue weighted by Crippen LogP contribution is 2.22. The highest BCUT2D eigenvalue weighted by molar-refractivity contribution is 7.88. The Kier molecular flexibility index (Phi) is 7.47. The molecule has 0 atom stereocenters. The van der Waals surface area contributed by atoms with E-state index in [2.05, 4.69) is 4.99 Å². The second-order valence-corrected chi connectivity index (χ2v) is 10.3. The first-order valence-corrected chi connectivity index (χ1v) is 12.7. The molecule has 3 rings (SSSR count). The van der Waals surface area contributed by atoms with E-state index in [0.717, 1.165) is 6.26 Å². The summed E-state index contributed by atoms with van der Waals surface area (Å²) in [6.07, 6.45) is 1.91. The SMILES string of the molecule is CCOC(=O)c1ccc2c(c1)sc(=NC(=O)C1CCN(S(C)(=O)=O)CC1)n2CC(=O)OC. The Morgan fingerprint density at radius 3 is 2.50 bits per heavy atom. The normalized spacial score (nSPS) is 16.3. The van der Waals surface area contributed by atoms with Crippen molar-refractivity contribution >= 4 is 49.4 Å². The molecule has 2 heterocycles. The van der Waals surface area contributed by atoms with Crippen molar-refractivity contribution in [2.24, 2.45) is 10.9 Å². The third-order valence-corrected chi connectivity index (χ3v) is 7.53. The largest absolute Gasteiger partial charge is 0.468 e. The van der Waals surface area contributed by atoms with Gasteiger partial charge in [0.2, 0.25) is 10.0 Å². The van der Waals surface area contributed by atoms with Crippen LogP contribution in [0.5, 0.6) is 0 Å². The van der Waals surface area contributed by atoms with E-state index in [9.17, 15) is 22.8 Å². The van der Waals surface area contributed by atoms with Crippen LogP contribution in [0.3, 0.4) is 0 Å². The summed E-state index contributed by atoms with van der Waals surface area (Å²) in [5.41, 5.74) is 0.990. The third kappa shape index (κ3) is 5.43. The van der Waals surface area contributed by atoms with Crippen LogP contribution in [0.2, 0.25) is 0 Å². The van der Waals surface area contributed by atoms with Gasteiger partial charge in [-0.3, -0.25) is 9.59 Å². The minimum absolute atomic E-state index is 0.145. The quantitative estimate of drug-likeness (QED) is 0.565. The Morgan fingerprint density at radius 2 is 1.91 bits per heavy atom. The van der Waals surface area contributed by atoms with Crippen LogP contribution in [0.15, 0.2) is 23.2 Å². The average molecular weight is 484 g/mol. The summed E-state index contributed by atoms with van der Waals surface area (Å²) in [6, 6.07) is 4.91. The van der Waals surface area contributed by atoms with Crippen LogP contribution in [0, 0.1) is 5.92 Å². The van der Waals surface area contributed by atoms with Crippen molar-refractivity contribution in [2.45, 2.75) is 26.3 Å². The summed E-state index contributed by atoms with van der Waals surface area (Å²) < 4.78 is 36.8. The van der Waals surface area contributed by atoms with Gasteiger partial charge in [0, 0.05) is 19.0 Å². The number of benzene rings is 1. The maximum Gasteiger partial charge on any atom is 0.338 e. The van der Waals surface area contributed by atoms with Crippen LogP contribution in [0.1, 0.15) is 30.1 Å². The lowest BCUT2D eigenvalue weighted by atomic mass is 9.98. The predicted molar refractivity (Wildman–Crippen MR) is 117 cm³/mol. The number of rotatable bonds is 6. The molecule has 12 heteroatoms. The van der Waals surface area contributed by atoms with Crippen molar-refractivity contribution in [3.05, 3.63) is 28.6 Å². The number of fused-ring (bicyclic) bond motifs is 1. The van der Waals surface area contributed by atoms with Gasteiger partial charge in [-0.1, -0.05) is 11.3 Å². The number of ether oxygens (including phenoxy) is 2. The molecular formula is C20H25N3O7S2. The van der Waals surface area contributed by atoms with E-state index in [1.807, 2.05) is 0 Å². The predicted octanol–water partition coefficient (Wildman–Crippen LogP) is 1.15. The first kappa shape index (κ1) is 24.1. The van der Waals surface area contributed by atoms with Gasteiger partial charge in [0.1, 0.15) is 6.54 Å². The van der Waals surface area contributed by atoms with Gasteiger partial charge in [-0.15, -0.1) is 0 Å². The lowest BCUT2D eigenvalue weighted by Crippen LogP contribution is -2.39. The fraction of sp³-hybridized carbons (Fsp3) is 0.500. The van der Waals surface area contributed by atoms with Gasteiger partial charge in [0.05, 0.1) is 35.8 Å². The molecule has 0 spiro atoms. The van der Waals surface area contributed by atoms with Crippen molar-refractivity contribution in [1.29, 1.82) is 0 Å². The molecule has 1 fully saturated rings. The summed E-state index contributed by atoms with van der Waals surface area (Å²) in [5, 5.41) is 0. The molecule has 1 amide bonds. The minimum Gasteiger partial charge on any atom is -0.468 e. The fourth-order valence-electron chi connectivity index (χ4n) is 3.47. The molecule has 0 aliphatic carbocycles. The van der Waals surface area contributed by atoms with Gasteiger partial charge in [0.25, 0.3) is 5.91 Å². The fourth-order valence-corrected chi connectivity index (χ4v) is 5.41. The number of methoxy groups -OCH3 is 1. The van der Waals surface area contributed by atoms with Crippen molar-refractivity contribution < 1.29 is 32.3 Å². The van der Waals surface area contributed by atoms with Crippen molar-refractivity contribution in [1.82, 2.24) is 8.87 Å². The van der Waals surface area contributed by atoms with E-state index in [1.165, 1.54) is 22.8 Å².